The van der Waals surface area contributed by atoms with Crippen LogP contribution in [0.25, 0.3) is 0 Å². The Bertz CT molecular complexity index is 1410. The number of thiophene rings is 1. The Morgan fingerprint density at radius 1 is 1.28 bits per heavy atom. The molecule has 0 saturated carbocycles. The molecule has 0 radical (unpaired) electrons. The first-order chi connectivity index (χ1) is 18.8. The number of benzene rings is 1. The van der Waals surface area contributed by atoms with E-state index in [1.54, 1.807) is 30.3 Å². The Morgan fingerprint density at radius 2 is 2.05 bits per heavy atom. The largest absolute Gasteiger partial charge is 0.342 e. The number of anilines is 1. The van der Waals surface area contributed by atoms with Gasteiger partial charge in [0.2, 0.25) is 5.91 Å². The maximum absolute atomic E-state index is 13.1. The van der Waals surface area contributed by atoms with E-state index in [-0.39, 0.29) is 23.5 Å². The molecule has 39 heavy (non-hydrogen) atoms. The molecule has 4 rings (SSSR count). The number of nitriles is 1. The summed E-state index contributed by atoms with van der Waals surface area (Å²) in [7, 11) is 0. The molecule has 1 aromatic carbocycles. The number of nitrogens with one attached hydrogen (secondary N) is 2. The molecule has 0 spiro atoms. The fourth-order valence-corrected chi connectivity index (χ4v) is 6.84. The molecular formula is C28H31ClN6O2S2. The second-order valence-electron chi connectivity index (χ2n) is 9.74. The Hall–Kier alpha value is -3.13. The number of fused-ring (bicyclic) bond motifs is 1. The summed E-state index contributed by atoms with van der Waals surface area (Å²) < 4.78 is 1.87. The van der Waals surface area contributed by atoms with Gasteiger partial charge in [-0.25, -0.2) is 0 Å². The van der Waals surface area contributed by atoms with Crippen LogP contribution in [-0.2, 0) is 24.2 Å². The number of aryl methyl sites for hydroxylation is 1. The zero-order valence-corrected chi connectivity index (χ0v) is 24.4. The molecule has 1 atom stereocenters. The van der Waals surface area contributed by atoms with E-state index in [1.807, 2.05) is 4.57 Å². The molecular weight excluding hydrogens is 552 g/mol. The fourth-order valence-electron chi connectivity index (χ4n) is 4.61. The molecule has 0 fully saturated rings. The van der Waals surface area contributed by atoms with Gasteiger partial charge in [-0.05, 0) is 55.7 Å². The van der Waals surface area contributed by atoms with Crippen molar-refractivity contribution < 1.29 is 9.59 Å². The highest BCUT2D eigenvalue weighted by Crippen LogP contribution is 2.37. The van der Waals surface area contributed by atoms with E-state index < -0.39 is 6.04 Å². The summed E-state index contributed by atoms with van der Waals surface area (Å²) in [5, 5.41) is 26.0. The second-order valence-corrected chi connectivity index (χ2v) is 12.2. The van der Waals surface area contributed by atoms with Gasteiger partial charge in [-0.3, -0.25) is 9.59 Å². The van der Waals surface area contributed by atoms with Crippen molar-refractivity contribution in [1.82, 2.24) is 20.1 Å². The van der Waals surface area contributed by atoms with Crippen LogP contribution in [0.4, 0.5) is 5.00 Å². The number of hydrogen-bond donors (Lipinski definition) is 2. The summed E-state index contributed by atoms with van der Waals surface area (Å²) in [4.78, 5) is 27.1. The lowest BCUT2D eigenvalue weighted by atomic mass is 9.96. The minimum absolute atomic E-state index is 0.101. The van der Waals surface area contributed by atoms with Crippen LogP contribution in [0.2, 0.25) is 5.02 Å². The SMILES string of the molecule is C=CCn1c(SCC(=O)Nc2sc3c(c2C#N)CCCC3)nnc1[C@H](CC(C)C)NC(=O)c1ccccc1Cl. The number of rotatable bonds is 11. The lowest BCUT2D eigenvalue weighted by molar-refractivity contribution is -0.113. The summed E-state index contributed by atoms with van der Waals surface area (Å²) in [5.41, 5.74) is 2.07. The minimum Gasteiger partial charge on any atom is -0.342 e. The standard InChI is InChI=1S/C28H31ClN6O2S2/c1-4-13-35-25(22(14-17(2)3)31-26(37)19-10-5-7-11-21(19)29)33-34-28(35)38-16-24(36)32-27-20(15-30)18-9-6-8-12-23(18)39-27/h4-5,7,10-11,17,22H,1,6,8-9,12-14,16H2,2-3H3,(H,31,37)(H,32,36)/t22-/m0/s1. The molecule has 204 valence electrons. The van der Waals surface area contributed by atoms with Crippen LogP contribution < -0.4 is 10.6 Å². The van der Waals surface area contributed by atoms with Gasteiger partial charge in [-0.2, -0.15) is 5.26 Å². The van der Waals surface area contributed by atoms with E-state index in [4.69, 9.17) is 11.6 Å². The molecule has 0 aliphatic heterocycles. The molecule has 2 amide bonds. The molecule has 2 heterocycles. The van der Waals surface area contributed by atoms with Crippen LogP contribution in [0, 0.1) is 17.2 Å². The number of carbonyl (C=O) groups is 2. The topological polar surface area (TPSA) is 113 Å². The van der Waals surface area contributed by atoms with Gasteiger partial charge in [0.1, 0.15) is 11.1 Å². The first-order valence-corrected chi connectivity index (χ1v) is 15.1. The Morgan fingerprint density at radius 3 is 2.77 bits per heavy atom. The minimum atomic E-state index is -0.417. The van der Waals surface area contributed by atoms with Gasteiger partial charge >= 0.3 is 0 Å². The zero-order valence-electron chi connectivity index (χ0n) is 22.0. The monoisotopic (exact) mass is 582 g/mol. The zero-order chi connectivity index (χ0) is 27.9. The smallest absolute Gasteiger partial charge is 0.253 e. The quantitative estimate of drug-likeness (QED) is 0.206. The van der Waals surface area contributed by atoms with Crippen molar-refractivity contribution in [3.8, 4) is 6.07 Å². The fraction of sp³-hybridized carbons (Fsp3) is 0.393. The van der Waals surface area contributed by atoms with Gasteiger partial charge in [-0.1, -0.05) is 55.4 Å². The normalized spacial score (nSPS) is 13.4. The van der Waals surface area contributed by atoms with Crippen molar-refractivity contribution in [2.45, 2.75) is 63.7 Å². The molecule has 2 aromatic heterocycles. The van der Waals surface area contributed by atoms with Crippen molar-refractivity contribution >= 4 is 51.5 Å². The number of hydrogen-bond acceptors (Lipinski definition) is 7. The predicted octanol–water partition coefficient (Wildman–Crippen LogP) is 6.18. The summed E-state index contributed by atoms with van der Waals surface area (Å²) in [6.45, 7) is 8.42. The van der Waals surface area contributed by atoms with Gasteiger partial charge in [-0.15, -0.1) is 28.1 Å². The number of amides is 2. The maximum Gasteiger partial charge on any atom is 0.253 e. The van der Waals surface area contributed by atoms with Crippen LogP contribution in [0.1, 0.15) is 71.3 Å². The van der Waals surface area contributed by atoms with E-state index in [9.17, 15) is 14.9 Å². The van der Waals surface area contributed by atoms with Crippen molar-refractivity contribution in [2.75, 3.05) is 11.1 Å². The molecule has 11 heteroatoms. The highest BCUT2D eigenvalue weighted by molar-refractivity contribution is 7.99. The number of halogens is 1. The number of thioether (sulfide) groups is 1. The van der Waals surface area contributed by atoms with Crippen molar-refractivity contribution in [2.24, 2.45) is 5.92 Å². The molecule has 3 aromatic rings. The molecule has 0 saturated heterocycles. The maximum atomic E-state index is 13.1. The Kier molecular flexibility index (Phi) is 9.83. The van der Waals surface area contributed by atoms with Gasteiger partial charge in [0.25, 0.3) is 5.91 Å². The van der Waals surface area contributed by atoms with Gasteiger partial charge in [0.05, 0.1) is 27.9 Å². The first-order valence-electron chi connectivity index (χ1n) is 12.9. The second kappa shape index (κ2) is 13.3. The molecule has 1 aliphatic rings. The van der Waals surface area contributed by atoms with Crippen molar-refractivity contribution in [3.63, 3.8) is 0 Å². The van der Waals surface area contributed by atoms with Crippen LogP contribution in [0.15, 0.2) is 42.1 Å². The van der Waals surface area contributed by atoms with E-state index >= 15 is 0 Å². The molecule has 1 aliphatic carbocycles. The Balaban J connectivity index is 1.50. The van der Waals surface area contributed by atoms with Crippen LogP contribution in [0.5, 0.6) is 0 Å². The van der Waals surface area contributed by atoms with Crippen molar-refractivity contribution in [1.29, 1.82) is 5.26 Å². The lowest BCUT2D eigenvalue weighted by Crippen LogP contribution is -2.32. The van der Waals surface area contributed by atoms with Crippen molar-refractivity contribution in [3.05, 3.63) is 69.3 Å². The molecule has 8 nitrogen and oxygen atoms in total. The van der Waals surface area contributed by atoms with Crippen LogP contribution in [0.3, 0.4) is 0 Å². The average Bonchev–Trinajstić information content (AvgIpc) is 3.47. The van der Waals surface area contributed by atoms with Gasteiger partial charge in [0.15, 0.2) is 11.0 Å². The third kappa shape index (κ3) is 6.90. The summed E-state index contributed by atoms with van der Waals surface area (Å²) >= 11 is 9.01. The summed E-state index contributed by atoms with van der Waals surface area (Å²) in [6.07, 6.45) is 6.39. The highest BCUT2D eigenvalue weighted by Gasteiger charge is 2.26. The third-order valence-corrected chi connectivity index (χ3v) is 8.87. The van der Waals surface area contributed by atoms with Crippen LogP contribution in [-0.4, -0.2) is 32.3 Å². The first kappa shape index (κ1) is 28.9. The van der Waals surface area contributed by atoms with E-state index in [0.29, 0.717) is 45.1 Å². The predicted molar refractivity (Wildman–Crippen MR) is 156 cm³/mol. The van der Waals surface area contributed by atoms with E-state index in [2.05, 4.69) is 47.3 Å². The molecule has 0 bridgehead atoms. The van der Waals surface area contributed by atoms with E-state index in [0.717, 1.165) is 31.2 Å². The van der Waals surface area contributed by atoms with Gasteiger partial charge < -0.3 is 15.2 Å². The average molecular weight is 583 g/mol. The molecule has 2 N–H and O–H groups in total. The lowest BCUT2D eigenvalue weighted by Gasteiger charge is -2.21. The number of allylic oxidation sites excluding steroid dienone is 1. The third-order valence-electron chi connectivity index (χ3n) is 6.37. The summed E-state index contributed by atoms with van der Waals surface area (Å²) in [5.74, 6) is 0.451. The number of aromatic nitrogens is 3. The van der Waals surface area contributed by atoms with Gasteiger partial charge in [0, 0.05) is 11.4 Å². The van der Waals surface area contributed by atoms with Crippen LogP contribution >= 0.6 is 34.7 Å². The highest BCUT2D eigenvalue weighted by atomic mass is 35.5. The number of carbonyl (C=O) groups excluding carboxylic acids is 2. The summed E-state index contributed by atoms with van der Waals surface area (Å²) in [6, 6.07) is 8.77. The van der Waals surface area contributed by atoms with E-state index in [1.165, 1.54) is 28.0 Å². The number of nitrogens with zero attached hydrogens (tertiary/aromatic N) is 4. The molecule has 0 unspecified atom stereocenters. The Labute approximate surface area is 241 Å².